The van der Waals surface area contributed by atoms with Gasteiger partial charge >= 0.3 is 5.97 Å². The largest absolute Gasteiger partial charge is 0.450 e. The summed E-state index contributed by atoms with van der Waals surface area (Å²) in [5.74, 6) is 2.41. The molecule has 4 saturated carbocycles. The predicted molar refractivity (Wildman–Crippen MR) is 81.4 cm³/mol. The molecule has 4 rings (SSSR count). The molecule has 3 heteroatoms. The number of hydrogen-bond donors (Lipinski definition) is 0. The average Bonchev–Trinajstić information content (AvgIpc) is 2.43. The van der Waals surface area contributed by atoms with E-state index < -0.39 is 11.0 Å². The smallest absolute Gasteiger partial charge is 0.312 e. The van der Waals surface area contributed by atoms with Gasteiger partial charge < -0.3 is 9.58 Å². The lowest BCUT2D eigenvalue weighted by Crippen LogP contribution is -2.61. The van der Waals surface area contributed by atoms with Crippen LogP contribution in [0.5, 0.6) is 0 Å². The van der Waals surface area contributed by atoms with Crippen molar-refractivity contribution in [1.82, 2.24) is 0 Å². The van der Waals surface area contributed by atoms with Crippen molar-refractivity contribution >= 4 is 5.97 Å². The number of hydrogen-bond acceptors (Lipinski definition) is 2. The third-order valence-corrected chi connectivity index (χ3v) is 6.57. The van der Waals surface area contributed by atoms with Gasteiger partial charge in [0.15, 0.2) is 5.60 Å². The fraction of sp³-hybridized carbons (Fsp3) is 0.889. The van der Waals surface area contributed by atoms with E-state index in [-0.39, 0.29) is 5.97 Å². The summed E-state index contributed by atoms with van der Waals surface area (Å²) >= 11 is 0. The van der Waals surface area contributed by atoms with Gasteiger partial charge in [0, 0.05) is 11.8 Å². The summed E-state index contributed by atoms with van der Waals surface area (Å²) in [5.41, 5.74) is -0.914. The molecule has 0 heterocycles. The van der Waals surface area contributed by atoms with Gasteiger partial charge in [-0.3, -0.25) is 4.79 Å². The van der Waals surface area contributed by atoms with Crippen molar-refractivity contribution in [2.24, 2.45) is 29.1 Å². The first-order valence-corrected chi connectivity index (χ1v) is 8.48. The lowest BCUT2D eigenvalue weighted by molar-refractivity contribution is -0.211. The Kier molecular flexibility index (Phi) is 3.55. The summed E-state index contributed by atoms with van der Waals surface area (Å²) < 4.78 is 6.16. The first-order valence-electron chi connectivity index (χ1n) is 8.48. The Hall–Kier alpha value is -1.04. The monoisotopic (exact) mass is 289 g/mol. The Morgan fingerprint density at radius 2 is 1.71 bits per heavy atom. The third-order valence-electron chi connectivity index (χ3n) is 6.57. The average molecular weight is 289 g/mol. The number of rotatable bonds is 4. The van der Waals surface area contributed by atoms with Crippen molar-refractivity contribution in [1.29, 1.82) is 0 Å². The molecule has 0 N–H and O–H groups in total. The molecule has 116 valence electrons. The van der Waals surface area contributed by atoms with Crippen molar-refractivity contribution in [2.45, 2.75) is 64.9 Å². The van der Waals surface area contributed by atoms with Gasteiger partial charge in [0.25, 0.3) is 6.54 Å². The Morgan fingerprint density at radius 1 is 1.19 bits per heavy atom. The summed E-state index contributed by atoms with van der Waals surface area (Å²) in [6, 6.07) is 0. The molecule has 0 amide bonds. The highest BCUT2D eigenvalue weighted by molar-refractivity contribution is 5.76. The van der Waals surface area contributed by atoms with Gasteiger partial charge in [-0.25, -0.2) is 6.57 Å². The van der Waals surface area contributed by atoms with E-state index in [1.807, 2.05) is 20.8 Å². The lowest BCUT2D eigenvalue weighted by atomic mass is 9.49. The zero-order valence-corrected chi connectivity index (χ0v) is 13.5. The van der Waals surface area contributed by atoms with Crippen molar-refractivity contribution < 1.29 is 9.53 Å². The molecule has 0 radical (unpaired) electrons. The van der Waals surface area contributed by atoms with Crippen molar-refractivity contribution in [3.8, 4) is 0 Å². The molecule has 0 atom stereocenters. The molecule has 0 aromatic carbocycles. The van der Waals surface area contributed by atoms with Crippen LogP contribution in [-0.2, 0) is 9.53 Å². The van der Waals surface area contributed by atoms with Gasteiger partial charge in [-0.15, -0.1) is 0 Å². The fourth-order valence-corrected chi connectivity index (χ4v) is 5.02. The number of ether oxygens (including phenoxy) is 1. The standard InChI is InChI=1S/C18H27NO2/c1-5-17(2,3)16(20)21-18(11-19-4)14-7-12-6-13(9-14)10-15(18)8-12/h12-15H,5-11H2,1-3H3. The van der Waals surface area contributed by atoms with E-state index in [1.54, 1.807) is 0 Å². The van der Waals surface area contributed by atoms with Crippen LogP contribution in [0.15, 0.2) is 0 Å². The van der Waals surface area contributed by atoms with E-state index in [0.717, 1.165) is 18.3 Å². The normalized spacial score (nSPS) is 40.9. The summed E-state index contributed by atoms with van der Waals surface area (Å²) in [5, 5.41) is 0. The SMILES string of the molecule is [C-]#[N+]CC1(OC(=O)C(C)(C)CC)C2CC3CC(C2)CC1C3. The van der Waals surface area contributed by atoms with Crippen LogP contribution in [-0.4, -0.2) is 18.1 Å². The molecule has 4 aliphatic carbocycles. The molecule has 0 aromatic rings. The number of carbonyl (C=O) groups is 1. The van der Waals surface area contributed by atoms with Gasteiger partial charge in [0.1, 0.15) is 0 Å². The lowest BCUT2D eigenvalue weighted by Gasteiger charge is -2.58. The molecule has 21 heavy (non-hydrogen) atoms. The molecule has 3 nitrogen and oxygen atoms in total. The Balaban J connectivity index is 1.87. The van der Waals surface area contributed by atoms with Gasteiger partial charge in [-0.2, -0.15) is 0 Å². The Bertz CT molecular complexity index is 446. The van der Waals surface area contributed by atoms with Crippen LogP contribution in [0.25, 0.3) is 4.85 Å². The summed E-state index contributed by atoms with van der Waals surface area (Å²) in [6.45, 7) is 13.7. The minimum Gasteiger partial charge on any atom is -0.450 e. The van der Waals surface area contributed by atoms with Crippen LogP contribution in [0.4, 0.5) is 0 Å². The molecule has 4 fully saturated rings. The molecule has 0 aromatic heterocycles. The quantitative estimate of drug-likeness (QED) is 0.576. The Morgan fingerprint density at radius 3 is 2.14 bits per heavy atom. The Labute approximate surface area is 128 Å². The van der Waals surface area contributed by atoms with E-state index in [9.17, 15) is 4.79 Å². The van der Waals surface area contributed by atoms with E-state index in [0.29, 0.717) is 18.4 Å². The second-order valence-electron chi connectivity index (χ2n) is 8.20. The van der Waals surface area contributed by atoms with E-state index in [2.05, 4.69) is 4.85 Å². The summed E-state index contributed by atoms with van der Waals surface area (Å²) in [7, 11) is 0. The van der Waals surface area contributed by atoms with Crippen molar-refractivity contribution in [2.75, 3.05) is 6.54 Å². The van der Waals surface area contributed by atoms with Crippen molar-refractivity contribution in [3.05, 3.63) is 11.4 Å². The summed E-state index contributed by atoms with van der Waals surface area (Å²) in [6.07, 6.45) is 6.82. The molecular weight excluding hydrogens is 262 g/mol. The minimum atomic E-state index is -0.474. The molecule has 0 saturated heterocycles. The van der Waals surface area contributed by atoms with E-state index >= 15 is 0 Å². The zero-order valence-electron chi connectivity index (χ0n) is 13.5. The molecule has 0 spiro atoms. The van der Waals surface area contributed by atoms with Gasteiger partial charge in [0.2, 0.25) is 0 Å². The summed E-state index contributed by atoms with van der Waals surface area (Å²) in [4.78, 5) is 16.3. The number of carbonyl (C=O) groups excluding carboxylic acids is 1. The maximum Gasteiger partial charge on any atom is 0.312 e. The van der Waals surface area contributed by atoms with Crippen molar-refractivity contribution in [3.63, 3.8) is 0 Å². The molecule has 4 bridgehead atoms. The molecular formula is C18H27NO2. The molecule has 0 unspecified atom stereocenters. The zero-order chi connectivity index (χ0) is 15.3. The van der Waals surface area contributed by atoms with Crippen LogP contribution in [0.3, 0.4) is 0 Å². The second kappa shape index (κ2) is 5.00. The van der Waals surface area contributed by atoms with E-state index in [4.69, 9.17) is 11.3 Å². The first-order chi connectivity index (χ1) is 9.91. The van der Waals surface area contributed by atoms with Crippen LogP contribution >= 0.6 is 0 Å². The van der Waals surface area contributed by atoms with Gasteiger partial charge in [-0.1, -0.05) is 6.92 Å². The first kappa shape index (κ1) is 14.9. The molecule has 4 aliphatic rings. The van der Waals surface area contributed by atoms with Gasteiger partial charge in [-0.05, 0) is 64.2 Å². The fourth-order valence-electron chi connectivity index (χ4n) is 5.02. The van der Waals surface area contributed by atoms with Crippen LogP contribution in [0, 0.1) is 35.7 Å². The van der Waals surface area contributed by atoms with Crippen LogP contribution in [0.2, 0.25) is 0 Å². The highest BCUT2D eigenvalue weighted by Gasteiger charge is 2.62. The highest BCUT2D eigenvalue weighted by Crippen LogP contribution is 2.60. The molecule has 0 aliphatic heterocycles. The maximum absolute atomic E-state index is 12.6. The van der Waals surface area contributed by atoms with Crippen LogP contribution < -0.4 is 0 Å². The highest BCUT2D eigenvalue weighted by atomic mass is 16.6. The maximum atomic E-state index is 12.6. The topological polar surface area (TPSA) is 30.7 Å². The van der Waals surface area contributed by atoms with Gasteiger partial charge in [0.05, 0.1) is 5.41 Å². The number of esters is 1. The minimum absolute atomic E-state index is 0.0962. The predicted octanol–water partition coefficient (Wildman–Crippen LogP) is 4.08. The second-order valence-corrected chi connectivity index (χ2v) is 8.20. The number of nitrogens with zero attached hydrogens (tertiary/aromatic N) is 1. The third kappa shape index (κ3) is 2.28. The van der Waals surface area contributed by atoms with Crippen LogP contribution in [0.1, 0.15) is 59.3 Å². The van der Waals surface area contributed by atoms with E-state index in [1.165, 1.54) is 32.1 Å².